The van der Waals surface area contributed by atoms with E-state index in [2.05, 4.69) is 48.2 Å². The third-order valence-corrected chi connectivity index (χ3v) is 3.78. The molecule has 3 rings (SSSR count). The summed E-state index contributed by atoms with van der Waals surface area (Å²) in [5, 5.41) is 0. The maximum Gasteiger partial charge on any atom is 0.234 e. The second kappa shape index (κ2) is 3.67. The molecule has 0 saturated heterocycles. The van der Waals surface area contributed by atoms with Crippen LogP contribution >= 0.6 is 11.3 Å². The number of fused-ring (bicyclic) bond motifs is 1. The van der Waals surface area contributed by atoms with E-state index in [9.17, 15) is 0 Å². The second-order valence-corrected chi connectivity index (χ2v) is 5.53. The van der Waals surface area contributed by atoms with Crippen LogP contribution in [0.15, 0.2) is 24.4 Å². The number of thiophene rings is 1. The van der Waals surface area contributed by atoms with Gasteiger partial charge in [0, 0.05) is 22.5 Å². The average molecular weight is 243 g/mol. The highest BCUT2D eigenvalue weighted by molar-refractivity contribution is 7.15. The van der Waals surface area contributed by atoms with Crippen molar-refractivity contribution in [1.82, 2.24) is 14.4 Å². The van der Waals surface area contributed by atoms with Crippen LogP contribution in [0.3, 0.4) is 0 Å². The van der Waals surface area contributed by atoms with Crippen molar-refractivity contribution < 1.29 is 0 Å². The molecule has 86 valence electrons. The molecule has 0 aliphatic rings. The fraction of sp³-hybridized carbons (Fsp3) is 0.231. The van der Waals surface area contributed by atoms with Gasteiger partial charge in [-0.1, -0.05) is 0 Å². The van der Waals surface area contributed by atoms with Crippen LogP contribution in [-0.4, -0.2) is 14.4 Å². The van der Waals surface area contributed by atoms with Gasteiger partial charge in [-0.25, -0.2) is 9.97 Å². The minimum absolute atomic E-state index is 0.781. The van der Waals surface area contributed by atoms with Crippen molar-refractivity contribution in [2.24, 2.45) is 0 Å². The van der Waals surface area contributed by atoms with E-state index < -0.39 is 0 Å². The topological polar surface area (TPSA) is 30.2 Å². The molecule has 4 heteroatoms. The van der Waals surface area contributed by atoms with E-state index in [0.29, 0.717) is 0 Å². The van der Waals surface area contributed by atoms with E-state index >= 15 is 0 Å². The highest BCUT2D eigenvalue weighted by Gasteiger charge is 2.08. The Morgan fingerprint density at radius 1 is 1.12 bits per heavy atom. The lowest BCUT2D eigenvalue weighted by Gasteiger charge is -1.98. The van der Waals surface area contributed by atoms with Crippen LogP contribution in [0.25, 0.3) is 16.3 Å². The lowest BCUT2D eigenvalue weighted by Crippen LogP contribution is -1.94. The zero-order valence-corrected chi connectivity index (χ0v) is 10.9. The van der Waals surface area contributed by atoms with Crippen molar-refractivity contribution in [3.8, 4) is 10.6 Å². The van der Waals surface area contributed by atoms with Crippen molar-refractivity contribution in [3.05, 3.63) is 40.7 Å². The molecule has 3 nitrogen and oxygen atoms in total. The molecule has 0 radical (unpaired) electrons. The Hall–Kier alpha value is -1.68. The van der Waals surface area contributed by atoms with E-state index in [-0.39, 0.29) is 0 Å². The van der Waals surface area contributed by atoms with Crippen LogP contribution < -0.4 is 0 Å². The Bertz CT molecular complexity index is 694. The summed E-state index contributed by atoms with van der Waals surface area (Å²) < 4.78 is 2.04. The predicted molar refractivity (Wildman–Crippen MR) is 70.5 cm³/mol. The number of nitrogens with zero attached hydrogens (tertiary/aromatic N) is 3. The van der Waals surface area contributed by atoms with Crippen LogP contribution in [0, 0.1) is 20.8 Å². The van der Waals surface area contributed by atoms with Crippen LogP contribution in [-0.2, 0) is 0 Å². The molecular formula is C13H13N3S. The highest BCUT2D eigenvalue weighted by Crippen LogP contribution is 2.27. The molecule has 0 atom stereocenters. The summed E-state index contributed by atoms with van der Waals surface area (Å²) in [6.07, 6.45) is 2.06. The molecule has 0 aromatic carbocycles. The first-order valence-electron chi connectivity index (χ1n) is 5.53. The molecule has 0 fully saturated rings. The molecule has 3 aromatic heterocycles. The quantitative estimate of drug-likeness (QED) is 0.656. The van der Waals surface area contributed by atoms with E-state index in [0.717, 1.165) is 17.2 Å². The Morgan fingerprint density at radius 3 is 2.65 bits per heavy atom. The van der Waals surface area contributed by atoms with Gasteiger partial charge in [0.25, 0.3) is 0 Å². The van der Waals surface area contributed by atoms with Crippen molar-refractivity contribution in [2.75, 3.05) is 0 Å². The molecule has 3 aromatic rings. The number of aryl methyl sites for hydroxylation is 3. The smallest absolute Gasteiger partial charge is 0.234 e. The summed E-state index contributed by atoms with van der Waals surface area (Å²) in [7, 11) is 0. The van der Waals surface area contributed by atoms with Gasteiger partial charge >= 0.3 is 0 Å². The summed E-state index contributed by atoms with van der Waals surface area (Å²) in [6, 6.07) is 6.30. The van der Waals surface area contributed by atoms with Gasteiger partial charge in [0.05, 0.1) is 4.88 Å². The molecular weight excluding hydrogens is 230 g/mol. The van der Waals surface area contributed by atoms with Crippen LogP contribution in [0.5, 0.6) is 0 Å². The number of hydrogen-bond donors (Lipinski definition) is 0. The van der Waals surface area contributed by atoms with Crippen molar-refractivity contribution in [3.63, 3.8) is 0 Å². The molecule has 3 heterocycles. The highest BCUT2D eigenvalue weighted by atomic mass is 32.1. The molecule has 0 aliphatic carbocycles. The van der Waals surface area contributed by atoms with Gasteiger partial charge in [0.15, 0.2) is 0 Å². The number of hydrogen-bond acceptors (Lipinski definition) is 3. The maximum absolute atomic E-state index is 4.58. The van der Waals surface area contributed by atoms with E-state index in [1.165, 1.54) is 15.4 Å². The second-order valence-electron chi connectivity index (χ2n) is 4.25. The lowest BCUT2D eigenvalue weighted by molar-refractivity contribution is 1.01. The molecule has 0 bridgehead atoms. The fourth-order valence-corrected chi connectivity index (χ4v) is 2.78. The van der Waals surface area contributed by atoms with Gasteiger partial charge in [-0.05, 0) is 39.0 Å². The Morgan fingerprint density at radius 2 is 1.94 bits per heavy atom. The molecule has 0 spiro atoms. The fourth-order valence-electron chi connectivity index (χ4n) is 1.96. The standard InChI is InChI=1S/C13H13N3S/c1-8-6-9(2)16-7-11(15-13(16)14-8)12-5-4-10(3)17-12/h4-7H,1-3H3. The third kappa shape index (κ3) is 1.74. The maximum atomic E-state index is 4.58. The average Bonchev–Trinajstić information content (AvgIpc) is 2.83. The van der Waals surface area contributed by atoms with Crippen molar-refractivity contribution in [1.29, 1.82) is 0 Å². The molecule has 17 heavy (non-hydrogen) atoms. The van der Waals surface area contributed by atoms with Crippen molar-refractivity contribution >= 4 is 17.1 Å². The predicted octanol–water partition coefficient (Wildman–Crippen LogP) is 3.38. The van der Waals surface area contributed by atoms with Gasteiger partial charge in [0.2, 0.25) is 5.78 Å². The zero-order chi connectivity index (χ0) is 12.0. The minimum atomic E-state index is 0.781. The van der Waals surface area contributed by atoms with Gasteiger partial charge in [-0.15, -0.1) is 11.3 Å². The van der Waals surface area contributed by atoms with E-state index in [4.69, 9.17) is 0 Å². The van der Waals surface area contributed by atoms with Gasteiger partial charge < -0.3 is 0 Å². The Balaban J connectivity index is 2.23. The SMILES string of the molecule is Cc1cc(C)n2cc(-c3ccc(C)s3)nc2n1. The van der Waals surface area contributed by atoms with Gasteiger partial charge in [0.1, 0.15) is 5.69 Å². The molecule has 0 N–H and O–H groups in total. The lowest BCUT2D eigenvalue weighted by atomic mass is 10.3. The Kier molecular flexibility index (Phi) is 2.26. The molecule has 0 aliphatic heterocycles. The first kappa shape index (κ1) is 10.5. The third-order valence-electron chi connectivity index (χ3n) is 2.75. The van der Waals surface area contributed by atoms with Gasteiger partial charge in [-0.2, -0.15) is 0 Å². The summed E-state index contributed by atoms with van der Waals surface area (Å²) in [5.74, 6) is 0.781. The Labute approximate surface area is 104 Å². The number of rotatable bonds is 1. The van der Waals surface area contributed by atoms with Crippen molar-refractivity contribution in [2.45, 2.75) is 20.8 Å². The van der Waals surface area contributed by atoms with Crippen LogP contribution in [0.4, 0.5) is 0 Å². The number of imidazole rings is 1. The summed E-state index contributed by atoms with van der Waals surface area (Å²) in [6.45, 7) is 6.18. The first-order valence-corrected chi connectivity index (χ1v) is 6.35. The van der Waals surface area contributed by atoms with Crippen LogP contribution in [0.1, 0.15) is 16.3 Å². The normalized spacial score (nSPS) is 11.2. The first-order chi connectivity index (χ1) is 8.13. The van der Waals surface area contributed by atoms with Gasteiger partial charge in [-0.3, -0.25) is 4.40 Å². The van der Waals surface area contributed by atoms with E-state index in [1.54, 1.807) is 11.3 Å². The zero-order valence-electron chi connectivity index (χ0n) is 10.1. The molecule has 0 unspecified atom stereocenters. The summed E-state index contributed by atoms with van der Waals surface area (Å²) in [5.41, 5.74) is 3.18. The minimum Gasteiger partial charge on any atom is -0.288 e. The molecule has 0 amide bonds. The van der Waals surface area contributed by atoms with Crippen LogP contribution in [0.2, 0.25) is 0 Å². The largest absolute Gasteiger partial charge is 0.288 e. The molecule has 0 saturated carbocycles. The summed E-state index contributed by atoms with van der Waals surface area (Å²) in [4.78, 5) is 11.5. The van der Waals surface area contributed by atoms with E-state index in [1.807, 2.05) is 11.3 Å². The monoisotopic (exact) mass is 243 g/mol. The number of aromatic nitrogens is 3. The summed E-state index contributed by atoms with van der Waals surface area (Å²) >= 11 is 1.76.